The number of aromatic hydroxyl groups is 1. The van der Waals surface area contributed by atoms with Crippen LogP contribution >= 0.6 is 0 Å². The molecule has 1 aromatic carbocycles. The molecule has 0 spiro atoms. The van der Waals surface area contributed by atoms with Gasteiger partial charge >= 0.3 is 0 Å². The highest BCUT2D eigenvalue weighted by Crippen LogP contribution is 2.23. The zero-order valence-electron chi connectivity index (χ0n) is 18.3. The summed E-state index contributed by atoms with van der Waals surface area (Å²) < 4.78 is 5.43. The van der Waals surface area contributed by atoms with Crippen molar-refractivity contribution in [2.45, 2.75) is 19.4 Å². The van der Waals surface area contributed by atoms with Crippen LogP contribution in [0.1, 0.15) is 17.0 Å². The van der Waals surface area contributed by atoms with Crippen molar-refractivity contribution in [1.82, 2.24) is 30.2 Å². The standard InChI is InChI=1S/C22H26N8O2/c1-29(2)14-17-13-21(32-28-17)30(3)22-23-10-9-19(25-22)24-20-12-16(26-27-20)8-7-15-5-4-6-18(31)11-15/h4-6,9-13,31H,7-8,14H2,1-3H3,(H2,23,24,25,26,27). The van der Waals surface area contributed by atoms with E-state index in [1.54, 1.807) is 29.3 Å². The summed E-state index contributed by atoms with van der Waals surface area (Å²) in [4.78, 5) is 12.7. The summed E-state index contributed by atoms with van der Waals surface area (Å²) in [6.45, 7) is 0.688. The van der Waals surface area contributed by atoms with Crippen LogP contribution in [0.15, 0.2) is 53.2 Å². The molecule has 0 atom stereocenters. The molecule has 166 valence electrons. The Bertz CT molecular complexity index is 1170. The first-order chi connectivity index (χ1) is 15.5. The van der Waals surface area contributed by atoms with E-state index in [9.17, 15) is 5.11 Å². The van der Waals surface area contributed by atoms with Gasteiger partial charge in [-0.1, -0.05) is 17.3 Å². The molecule has 0 bridgehead atoms. The summed E-state index contributed by atoms with van der Waals surface area (Å²) in [6, 6.07) is 12.9. The highest BCUT2D eigenvalue weighted by Gasteiger charge is 2.14. The Labute approximate surface area is 185 Å². The Hall–Kier alpha value is -3.92. The molecule has 10 nitrogen and oxygen atoms in total. The van der Waals surface area contributed by atoms with E-state index in [0.717, 1.165) is 35.6 Å². The van der Waals surface area contributed by atoms with Crippen LogP contribution in [-0.4, -0.2) is 56.5 Å². The lowest BCUT2D eigenvalue weighted by atomic mass is 10.1. The van der Waals surface area contributed by atoms with Gasteiger partial charge in [0.25, 0.3) is 0 Å². The molecule has 4 rings (SSSR count). The number of phenolic OH excluding ortho intramolecular Hbond substituents is 1. The number of anilines is 4. The maximum atomic E-state index is 9.59. The molecular weight excluding hydrogens is 408 g/mol. The molecule has 0 saturated heterocycles. The fourth-order valence-corrected chi connectivity index (χ4v) is 3.21. The van der Waals surface area contributed by atoms with E-state index in [0.29, 0.717) is 24.2 Å². The lowest BCUT2D eigenvalue weighted by molar-refractivity contribution is 0.365. The summed E-state index contributed by atoms with van der Waals surface area (Å²) in [5.74, 6) is 2.67. The number of H-pyrrole nitrogens is 1. The Balaban J connectivity index is 1.39. The number of nitrogens with zero attached hydrogens (tertiary/aromatic N) is 6. The van der Waals surface area contributed by atoms with Crippen LogP contribution in [0, 0.1) is 0 Å². The van der Waals surface area contributed by atoms with Gasteiger partial charge in [-0.15, -0.1) is 0 Å². The SMILES string of the molecule is CN(C)Cc1cc(N(C)c2nccc(Nc3cc(CCc4cccc(O)c4)n[nH]3)n2)on1. The molecule has 10 heteroatoms. The first-order valence-electron chi connectivity index (χ1n) is 10.2. The second kappa shape index (κ2) is 9.48. The van der Waals surface area contributed by atoms with Crippen molar-refractivity contribution in [3.8, 4) is 5.75 Å². The smallest absolute Gasteiger partial charge is 0.234 e. The molecule has 0 aliphatic rings. The number of benzene rings is 1. The van der Waals surface area contributed by atoms with Crippen molar-refractivity contribution in [1.29, 1.82) is 0 Å². The van der Waals surface area contributed by atoms with Gasteiger partial charge in [0.2, 0.25) is 11.8 Å². The van der Waals surface area contributed by atoms with Crippen LogP contribution < -0.4 is 10.2 Å². The van der Waals surface area contributed by atoms with E-state index in [1.165, 1.54) is 0 Å². The van der Waals surface area contributed by atoms with E-state index in [-0.39, 0.29) is 5.75 Å². The van der Waals surface area contributed by atoms with Crippen molar-refractivity contribution < 1.29 is 9.63 Å². The van der Waals surface area contributed by atoms with Gasteiger partial charge in [-0.05, 0) is 50.7 Å². The van der Waals surface area contributed by atoms with E-state index < -0.39 is 0 Å². The molecule has 0 saturated carbocycles. The molecule has 4 aromatic rings. The summed E-state index contributed by atoms with van der Waals surface area (Å²) in [7, 11) is 5.78. The molecule has 32 heavy (non-hydrogen) atoms. The molecule has 3 N–H and O–H groups in total. The monoisotopic (exact) mass is 434 g/mol. The quantitative estimate of drug-likeness (QED) is 0.365. The predicted octanol–water partition coefficient (Wildman–Crippen LogP) is 3.25. The number of aromatic nitrogens is 5. The number of rotatable bonds is 9. The van der Waals surface area contributed by atoms with Gasteiger partial charge in [0.05, 0.1) is 11.4 Å². The number of hydrogen-bond acceptors (Lipinski definition) is 9. The van der Waals surface area contributed by atoms with Crippen molar-refractivity contribution >= 4 is 23.5 Å². The van der Waals surface area contributed by atoms with Crippen LogP contribution in [0.3, 0.4) is 0 Å². The minimum Gasteiger partial charge on any atom is -0.508 e. The van der Waals surface area contributed by atoms with Gasteiger partial charge in [-0.3, -0.25) is 10.00 Å². The van der Waals surface area contributed by atoms with Gasteiger partial charge in [-0.25, -0.2) is 4.98 Å². The largest absolute Gasteiger partial charge is 0.508 e. The van der Waals surface area contributed by atoms with Crippen LogP contribution in [0.5, 0.6) is 5.75 Å². The summed E-state index contributed by atoms with van der Waals surface area (Å²) in [6.07, 6.45) is 3.21. The molecule has 3 heterocycles. The minimum atomic E-state index is 0.274. The van der Waals surface area contributed by atoms with Crippen molar-refractivity contribution in [3.05, 3.63) is 65.6 Å². The highest BCUT2D eigenvalue weighted by molar-refractivity contribution is 5.56. The van der Waals surface area contributed by atoms with Crippen LogP contribution in [-0.2, 0) is 19.4 Å². The first kappa shape index (κ1) is 21.3. The van der Waals surface area contributed by atoms with E-state index in [2.05, 4.69) is 30.6 Å². The van der Waals surface area contributed by atoms with Crippen LogP contribution in [0.25, 0.3) is 0 Å². The Morgan fingerprint density at radius 3 is 2.75 bits per heavy atom. The Kier molecular flexibility index (Phi) is 6.31. The Morgan fingerprint density at radius 2 is 1.94 bits per heavy atom. The van der Waals surface area contributed by atoms with Gasteiger partial charge in [0.15, 0.2) is 0 Å². The third kappa shape index (κ3) is 5.41. The maximum Gasteiger partial charge on any atom is 0.234 e. The first-order valence-corrected chi connectivity index (χ1v) is 10.2. The van der Waals surface area contributed by atoms with Gasteiger partial charge in [0.1, 0.15) is 17.4 Å². The zero-order chi connectivity index (χ0) is 22.5. The van der Waals surface area contributed by atoms with Crippen LogP contribution in [0.2, 0.25) is 0 Å². The third-order valence-electron chi connectivity index (χ3n) is 4.77. The normalized spacial score (nSPS) is 11.1. The average molecular weight is 435 g/mol. The lowest BCUT2D eigenvalue weighted by Crippen LogP contribution is -2.13. The zero-order valence-corrected chi connectivity index (χ0v) is 18.3. The number of hydrogen-bond donors (Lipinski definition) is 3. The van der Waals surface area contributed by atoms with Gasteiger partial charge in [0, 0.05) is 31.9 Å². The predicted molar refractivity (Wildman–Crippen MR) is 121 cm³/mol. The molecular formula is C22H26N8O2. The molecule has 0 aliphatic heterocycles. The summed E-state index contributed by atoms with van der Waals surface area (Å²) in [5.41, 5.74) is 2.81. The van der Waals surface area contributed by atoms with Crippen LogP contribution in [0.4, 0.5) is 23.5 Å². The van der Waals surface area contributed by atoms with Gasteiger partial charge < -0.3 is 19.8 Å². The van der Waals surface area contributed by atoms with Gasteiger partial charge in [-0.2, -0.15) is 10.1 Å². The lowest BCUT2D eigenvalue weighted by Gasteiger charge is -2.13. The number of aryl methyl sites for hydroxylation is 2. The average Bonchev–Trinajstić information content (AvgIpc) is 3.41. The molecule has 0 amide bonds. The van der Waals surface area contributed by atoms with E-state index >= 15 is 0 Å². The third-order valence-corrected chi connectivity index (χ3v) is 4.77. The van der Waals surface area contributed by atoms with E-state index in [4.69, 9.17) is 4.52 Å². The summed E-state index contributed by atoms with van der Waals surface area (Å²) in [5, 5.41) is 24.2. The second-order valence-electron chi connectivity index (χ2n) is 7.76. The second-order valence-corrected chi connectivity index (χ2v) is 7.76. The van der Waals surface area contributed by atoms with Crippen molar-refractivity contribution in [2.75, 3.05) is 31.4 Å². The summed E-state index contributed by atoms with van der Waals surface area (Å²) >= 11 is 0. The maximum absolute atomic E-state index is 9.59. The highest BCUT2D eigenvalue weighted by atomic mass is 16.5. The number of aromatic amines is 1. The molecule has 0 radical (unpaired) electrons. The van der Waals surface area contributed by atoms with E-state index in [1.807, 2.05) is 50.3 Å². The molecule has 0 aliphatic carbocycles. The fourth-order valence-electron chi connectivity index (χ4n) is 3.21. The Morgan fingerprint density at radius 1 is 1.06 bits per heavy atom. The molecule has 0 unspecified atom stereocenters. The number of nitrogens with one attached hydrogen (secondary N) is 2. The fraction of sp³-hybridized carbons (Fsp3) is 0.273. The minimum absolute atomic E-state index is 0.274. The topological polar surface area (TPSA) is 119 Å². The van der Waals surface area contributed by atoms with Crippen molar-refractivity contribution in [3.63, 3.8) is 0 Å². The number of phenols is 1. The molecule has 3 aromatic heterocycles. The molecule has 0 fully saturated rings. The van der Waals surface area contributed by atoms with Crippen molar-refractivity contribution in [2.24, 2.45) is 0 Å².